The third kappa shape index (κ3) is 9.79. The number of aliphatic imine (C=N–C) groups is 1. The number of nitrogens with one attached hydrogen (secondary N) is 2. The predicted octanol–water partition coefficient (Wildman–Crippen LogP) is 2.62. The summed E-state index contributed by atoms with van der Waals surface area (Å²) in [6.45, 7) is 10.7. The molecule has 0 spiro atoms. The maximum absolute atomic E-state index is 11.9. The molecule has 1 heterocycles. The summed E-state index contributed by atoms with van der Waals surface area (Å²) >= 11 is 0. The molecule has 1 amide bonds. The van der Waals surface area contributed by atoms with Crippen molar-refractivity contribution in [2.24, 2.45) is 16.8 Å². The van der Waals surface area contributed by atoms with Crippen LogP contribution in [-0.2, 0) is 14.3 Å². The normalized spacial score (nSPS) is 16.2. The van der Waals surface area contributed by atoms with Crippen molar-refractivity contribution >= 4 is 42.0 Å². The first kappa shape index (κ1) is 26.7. The van der Waals surface area contributed by atoms with Gasteiger partial charge < -0.3 is 25.0 Å². The van der Waals surface area contributed by atoms with Gasteiger partial charge in [0.25, 0.3) is 0 Å². The largest absolute Gasteiger partial charge is 0.466 e. The number of amides is 1. The molecule has 164 valence electrons. The number of carbonyl (C=O) groups excluding carboxylic acids is 2. The molecule has 0 radical (unpaired) electrons. The van der Waals surface area contributed by atoms with E-state index in [1.165, 1.54) is 0 Å². The van der Waals surface area contributed by atoms with Gasteiger partial charge in [0.2, 0.25) is 0 Å². The molecular weight excluding hydrogens is 475 g/mol. The van der Waals surface area contributed by atoms with E-state index in [0.29, 0.717) is 25.7 Å². The van der Waals surface area contributed by atoms with Crippen LogP contribution < -0.4 is 10.6 Å². The highest BCUT2D eigenvalue weighted by Crippen LogP contribution is 2.18. The fourth-order valence-corrected chi connectivity index (χ4v) is 3.24. The first-order valence-electron chi connectivity index (χ1n) is 9.96. The lowest BCUT2D eigenvalue weighted by Crippen LogP contribution is -2.51. The minimum Gasteiger partial charge on any atom is -0.466 e. The van der Waals surface area contributed by atoms with Gasteiger partial charge in [-0.1, -0.05) is 13.8 Å². The van der Waals surface area contributed by atoms with Crippen LogP contribution in [0.3, 0.4) is 0 Å². The van der Waals surface area contributed by atoms with E-state index in [9.17, 15) is 9.59 Å². The number of ether oxygens (including phenoxy) is 2. The quantitative estimate of drug-likeness (QED) is 0.225. The van der Waals surface area contributed by atoms with Crippen LogP contribution in [0, 0.1) is 11.8 Å². The topological polar surface area (TPSA) is 92.3 Å². The van der Waals surface area contributed by atoms with Crippen LogP contribution in [0.5, 0.6) is 0 Å². The third-order valence-electron chi connectivity index (χ3n) is 4.49. The van der Waals surface area contributed by atoms with Crippen LogP contribution in [0.15, 0.2) is 4.99 Å². The fraction of sp³-hybridized carbons (Fsp3) is 0.842. The summed E-state index contributed by atoms with van der Waals surface area (Å²) in [5, 5.41) is 6.26. The zero-order chi connectivity index (χ0) is 20.2. The van der Waals surface area contributed by atoms with Crippen LogP contribution in [0.4, 0.5) is 4.79 Å². The van der Waals surface area contributed by atoms with Gasteiger partial charge in [0, 0.05) is 32.7 Å². The van der Waals surface area contributed by atoms with Crippen LogP contribution in [0.2, 0.25) is 0 Å². The highest BCUT2D eigenvalue weighted by Gasteiger charge is 2.27. The lowest BCUT2D eigenvalue weighted by molar-refractivity contribution is -0.149. The van der Waals surface area contributed by atoms with E-state index in [2.05, 4.69) is 34.4 Å². The molecule has 2 N–H and O–H groups in total. The Morgan fingerprint density at radius 1 is 1.14 bits per heavy atom. The second kappa shape index (κ2) is 14.7. The third-order valence-corrected chi connectivity index (χ3v) is 4.49. The van der Waals surface area contributed by atoms with Gasteiger partial charge in [-0.2, -0.15) is 0 Å². The number of likely N-dealkylation sites (tertiary alicyclic amines) is 1. The van der Waals surface area contributed by atoms with Gasteiger partial charge in [0.1, 0.15) is 0 Å². The summed E-state index contributed by atoms with van der Waals surface area (Å²) in [6.07, 6.45) is 1.97. The number of rotatable bonds is 8. The van der Waals surface area contributed by atoms with Crippen molar-refractivity contribution in [2.45, 2.75) is 53.0 Å². The number of esters is 1. The van der Waals surface area contributed by atoms with E-state index in [0.717, 1.165) is 38.3 Å². The number of guanidine groups is 1. The maximum atomic E-state index is 11.9. The molecular formula is C19H37IN4O4. The van der Waals surface area contributed by atoms with Crippen LogP contribution in [0.25, 0.3) is 0 Å². The van der Waals surface area contributed by atoms with E-state index in [1.54, 1.807) is 14.0 Å². The molecule has 0 aromatic heterocycles. The van der Waals surface area contributed by atoms with Crippen molar-refractivity contribution in [3.05, 3.63) is 0 Å². The Balaban J connectivity index is 0.00000729. The Bertz CT molecular complexity index is 494. The zero-order valence-electron chi connectivity index (χ0n) is 17.8. The van der Waals surface area contributed by atoms with Crippen LogP contribution in [0.1, 0.15) is 47.0 Å². The average Bonchev–Trinajstić information content (AvgIpc) is 2.62. The molecule has 9 heteroatoms. The summed E-state index contributed by atoms with van der Waals surface area (Å²) in [7, 11) is 1.75. The molecule has 8 nitrogen and oxygen atoms in total. The first-order chi connectivity index (χ1) is 12.9. The minimum absolute atomic E-state index is 0. The molecule has 1 aliphatic heterocycles. The number of carbonyl (C=O) groups is 2. The zero-order valence-corrected chi connectivity index (χ0v) is 20.2. The molecule has 28 heavy (non-hydrogen) atoms. The molecule has 1 saturated heterocycles. The molecule has 1 rings (SSSR count). The molecule has 0 aromatic carbocycles. The summed E-state index contributed by atoms with van der Waals surface area (Å²) in [5.41, 5.74) is 0. The first-order valence-corrected chi connectivity index (χ1v) is 9.96. The number of nitrogens with zero attached hydrogens (tertiary/aromatic N) is 2. The SMILES string of the molecule is CCOC(=O)NC(CNC(=NC)N1CCC(C(=O)OCC)CC1)CC(C)C.I. The summed E-state index contributed by atoms with van der Waals surface area (Å²) in [5.74, 6) is 1.10. The molecule has 0 saturated carbocycles. The van der Waals surface area contributed by atoms with E-state index in [1.807, 2.05) is 6.92 Å². The Labute approximate surface area is 186 Å². The number of piperidine rings is 1. The second-order valence-corrected chi connectivity index (χ2v) is 7.13. The summed E-state index contributed by atoms with van der Waals surface area (Å²) < 4.78 is 10.1. The Morgan fingerprint density at radius 2 is 1.75 bits per heavy atom. The highest BCUT2D eigenvalue weighted by molar-refractivity contribution is 14.0. The van der Waals surface area contributed by atoms with Gasteiger partial charge in [0.05, 0.1) is 19.1 Å². The summed E-state index contributed by atoms with van der Waals surface area (Å²) in [6, 6.07) is -0.0436. The average molecular weight is 512 g/mol. The number of hydrogen-bond donors (Lipinski definition) is 2. The van der Waals surface area contributed by atoms with Crippen molar-refractivity contribution in [3.63, 3.8) is 0 Å². The molecule has 0 aromatic rings. The van der Waals surface area contributed by atoms with E-state index in [-0.39, 0.29) is 41.9 Å². The summed E-state index contributed by atoms with van der Waals surface area (Å²) in [4.78, 5) is 30.1. The van der Waals surface area contributed by atoms with Gasteiger partial charge in [0.15, 0.2) is 5.96 Å². The van der Waals surface area contributed by atoms with Gasteiger partial charge in [-0.05, 0) is 39.0 Å². The van der Waals surface area contributed by atoms with E-state index < -0.39 is 6.09 Å². The van der Waals surface area contributed by atoms with E-state index >= 15 is 0 Å². The van der Waals surface area contributed by atoms with Crippen molar-refractivity contribution in [2.75, 3.05) is 39.9 Å². The number of halogens is 1. The van der Waals surface area contributed by atoms with Crippen molar-refractivity contribution in [1.29, 1.82) is 0 Å². The lowest BCUT2D eigenvalue weighted by Gasteiger charge is -2.34. The number of alkyl carbamates (subject to hydrolysis) is 1. The van der Waals surface area contributed by atoms with Crippen molar-refractivity contribution in [3.8, 4) is 0 Å². The van der Waals surface area contributed by atoms with Gasteiger partial charge in [-0.25, -0.2) is 4.79 Å². The Kier molecular flexibility index (Phi) is 14.0. The van der Waals surface area contributed by atoms with Gasteiger partial charge >= 0.3 is 12.1 Å². The molecule has 1 fully saturated rings. The minimum atomic E-state index is -0.393. The van der Waals surface area contributed by atoms with Crippen LogP contribution >= 0.6 is 24.0 Å². The number of hydrogen-bond acceptors (Lipinski definition) is 5. The Hall–Kier alpha value is -1.26. The van der Waals surface area contributed by atoms with Crippen molar-refractivity contribution in [1.82, 2.24) is 15.5 Å². The lowest BCUT2D eigenvalue weighted by atomic mass is 9.97. The maximum Gasteiger partial charge on any atom is 0.407 e. The van der Waals surface area contributed by atoms with Gasteiger partial charge in [-0.3, -0.25) is 9.79 Å². The molecule has 1 atom stereocenters. The molecule has 0 bridgehead atoms. The van der Waals surface area contributed by atoms with Gasteiger partial charge in [-0.15, -0.1) is 24.0 Å². The van der Waals surface area contributed by atoms with Crippen LogP contribution in [-0.4, -0.2) is 68.9 Å². The predicted molar refractivity (Wildman–Crippen MR) is 121 cm³/mol. The fourth-order valence-electron chi connectivity index (χ4n) is 3.24. The standard InChI is InChI=1S/C19H36N4O4.HI/c1-6-26-17(24)15-8-10-23(11-9-15)18(20-5)21-13-16(12-14(3)4)22-19(25)27-7-2;/h14-16H,6-13H2,1-5H3,(H,20,21)(H,22,25);1H. The monoisotopic (exact) mass is 512 g/mol. The molecule has 0 aliphatic carbocycles. The molecule has 1 aliphatic rings. The van der Waals surface area contributed by atoms with E-state index in [4.69, 9.17) is 9.47 Å². The smallest absolute Gasteiger partial charge is 0.407 e. The highest BCUT2D eigenvalue weighted by atomic mass is 127. The molecule has 1 unspecified atom stereocenters. The second-order valence-electron chi connectivity index (χ2n) is 7.13. The van der Waals surface area contributed by atoms with Crippen molar-refractivity contribution < 1.29 is 19.1 Å². The Morgan fingerprint density at radius 3 is 2.25 bits per heavy atom.